The number of amides is 1. The molecule has 1 aliphatic rings. The van der Waals surface area contributed by atoms with Crippen molar-refractivity contribution in [3.63, 3.8) is 0 Å². The lowest BCUT2D eigenvalue weighted by molar-refractivity contribution is 0.0265. The van der Waals surface area contributed by atoms with E-state index in [0.717, 1.165) is 18.7 Å². The number of carbonyl (C=O) groups excluding carboxylic acids is 1. The molecule has 0 saturated carbocycles. The molecule has 1 amide bonds. The van der Waals surface area contributed by atoms with E-state index in [1.165, 1.54) is 0 Å². The molecule has 2 heterocycles. The van der Waals surface area contributed by atoms with Gasteiger partial charge in [0.15, 0.2) is 0 Å². The Kier molecular flexibility index (Phi) is 4.56. The topological polar surface area (TPSA) is 67.6 Å². The van der Waals surface area contributed by atoms with E-state index in [0.29, 0.717) is 13.1 Å². The van der Waals surface area contributed by atoms with Crippen molar-refractivity contribution in [3.8, 4) is 0 Å². The van der Waals surface area contributed by atoms with Gasteiger partial charge >= 0.3 is 6.09 Å². The van der Waals surface area contributed by atoms with E-state index < -0.39 is 11.7 Å². The molecule has 1 fully saturated rings. The van der Waals surface area contributed by atoms with E-state index in [2.05, 4.69) is 5.10 Å². The molecule has 2 rings (SSSR count). The smallest absolute Gasteiger partial charge is 0.410 e. The van der Waals surface area contributed by atoms with Crippen molar-refractivity contribution in [1.82, 2.24) is 14.7 Å². The number of likely N-dealkylation sites (tertiary alicyclic amines) is 1. The maximum atomic E-state index is 12.0. The predicted octanol–water partition coefficient (Wildman–Crippen LogP) is 2.19. The monoisotopic (exact) mass is 295 g/mol. The maximum Gasteiger partial charge on any atom is 0.410 e. The molecule has 1 aromatic heterocycles. The van der Waals surface area contributed by atoms with Crippen LogP contribution in [-0.2, 0) is 11.3 Å². The fourth-order valence-corrected chi connectivity index (χ4v) is 2.64. The van der Waals surface area contributed by atoms with Gasteiger partial charge in [-0.2, -0.15) is 5.10 Å². The van der Waals surface area contributed by atoms with Gasteiger partial charge in [0, 0.05) is 31.7 Å². The molecule has 1 saturated heterocycles. The van der Waals surface area contributed by atoms with Gasteiger partial charge in [-0.3, -0.25) is 4.68 Å². The van der Waals surface area contributed by atoms with Crippen molar-refractivity contribution in [1.29, 1.82) is 0 Å². The second-order valence-electron chi connectivity index (χ2n) is 6.49. The van der Waals surface area contributed by atoms with Gasteiger partial charge in [-0.1, -0.05) is 0 Å². The van der Waals surface area contributed by atoms with Gasteiger partial charge in [-0.05, 0) is 40.2 Å². The van der Waals surface area contributed by atoms with Gasteiger partial charge < -0.3 is 14.7 Å². The SMILES string of the molecule is CCn1nccc1C(O)C1CCN(C(=O)OC(C)(C)C)C1. The first-order chi connectivity index (χ1) is 9.81. The standard InChI is InChI=1S/C15H25N3O3/c1-5-18-12(6-8-16-18)13(19)11-7-9-17(10-11)14(20)21-15(2,3)4/h6,8,11,13,19H,5,7,9-10H2,1-4H3. The zero-order valence-corrected chi connectivity index (χ0v) is 13.2. The molecule has 6 heteroatoms. The van der Waals surface area contributed by atoms with E-state index >= 15 is 0 Å². The highest BCUT2D eigenvalue weighted by Crippen LogP contribution is 2.30. The fraction of sp³-hybridized carbons (Fsp3) is 0.733. The van der Waals surface area contributed by atoms with Gasteiger partial charge in [0.2, 0.25) is 0 Å². The van der Waals surface area contributed by atoms with Crippen LogP contribution in [0.1, 0.15) is 45.9 Å². The molecule has 0 aliphatic carbocycles. The van der Waals surface area contributed by atoms with Crippen LogP contribution in [-0.4, -0.2) is 44.6 Å². The van der Waals surface area contributed by atoms with Crippen LogP contribution in [0.3, 0.4) is 0 Å². The number of hydrogen-bond donors (Lipinski definition) is 1. The van der Waals surface area contributed by atoms with Gasteiger partial charge in [-0.25, -0.2) is 4.79 Å². The van der Waals surface area contributed by atoms with E-state index in [-0.39, 0.29) is 12.0 Å². The summed E-state index contributed by atoms with van der Waals surface area (Å²) in [6.07, 6.45) is 1.57. The zero-order chi connectivity index (χ0) is 15.6. The minimum Gasteiger partial charge on any atom is -0.444 e. The summed E-state index contributed by atoms with van der Waals surface area (Å²) >= 11 is 0. The van der Waals surface area contributed by atoms with Crippen LogP contribution < -0.4 is 0 Å². The van der Waals surface area contributed by atoms with Crippen molar-refractivity contribution < 1.29 is 14.6 Å². The van der Waals surface area contributed by atoms with E-state index in [1.54, 1.807) is 15.8 Å². The van der Waals surface area contributed by atoms with Crippen molar-refractivity contribution in [3.05, 3.63) is 18.0 Å². The number of aryl methyl sites for hydroxylation is 1. The Morgan fingerprint density at radius 1 is 1.57 bits per heavy atom. The second kappa shape index (κ2) is 6.05. The Balaban J connectivity index is 1.97. The molecule has 2 atom stereocenters. The summed E-state index contributed by atoms with van der Waals surface area (Å²) in [7, 11) is 0. The van der Waals surface area contributed by atoms with Crippen LogP contribution >= 0.6 is 0 Å². The highest BCUT2D eigenvalue weighted by atomic mass is 16.6. The largest absolute Gasteiger partial charge is 0.444 e. The Bertz CT molecular complexity index is 493. The molecule has 2 unspecified atom stereocenters. The molecule has 0 aromatic carbocycles. The molecule has 6 nitrogen and oxygen atoms in total. The highest BCUT2D eigenvalue weighted by molar-refractivity contribution is 5.68. The Labute approximate surface area is 125 Å². The predicted molar refractivity (Wildman–Crippen MR) is 78.8 cm³/mol. The van der Waals surface area contributed by atoms with Crippen LogP contribution in [0, 0.1) is 5.92 Å². The number of aliphatic hydroxyl groups excluding tert-OH is 1. The van der Waals surface area contributed by atoms with Crippen LogP contribution in [0.2, 0.25) is 0 Å². The van der Waals surface area contributed by atoms with Crippen LogP contribution in [0.25, 0.3) is 0 Å². The minimum atomic E-state index is -0.597. The second-order valence-corrected chi connectivity index (χ2v) is 6.49. The molecule has 118 valence electrons. The highest BCUT2D eigenvalue weighted by Gasteiger charge is 2.34. The molecule has 1 aliphatic heterocycles. The third-order valence-corrected chi connectivity index (χ3v) is 3.67. The molecule has 0 spiro atoms. The van der Waals surface area contributed by atoms with Crippen molar-refractivity contribution >= 4 is 6.09 Å². The van der Waals surface area contributed by atoms with Gasteiger partial charge in [-0.15, -0.1) is 0 Å². The van der Waals surface area contributed by atoms with Gasteiger partial charge in [0.1, 0.15) is 11.7 Å². The number of aliphatic hydroxyl groups is 1. The Morgan fingerprint density at radius 3 is 2.90 bits per heavy atom. The third kappa shape index (κ3) is 3.75. The van der Waals surface area contributed by atoms with Gasteiger partial charge in [0.25, 0.3) is 0 Å². The summed E-state index contributed by atoms with van der Waals surface area (Å²) in [5, 5.41) is 14.7. The van der Waals surface area contributed by atoms with E-state index in [4.69, 9.17) is 4.74 Å². The molecule has 1 N–H and O–H groups in total. The molecule has 21 heavy (non-hydrogen) atoms. The van der Waals surface area contributed by atoms with Crippen molar-refractivity contribution in [2.45, 2.75) is 52.4 Å². The summed E-state index contributed by atoms with van der Waals surface area (Å²) in [5.41, 5.74) is 0.322. The summed E-state index contributed by atoms with van der Waals surface area (Å²) in [6.45, 7) is 9.42. The maximum absolute atomic E-state index is 12.0. The number of aromatic nitrogens is 2. The molecule has 0 bridgehead atoms. The van der Waals surface area contributed by atoms with Gasteiger partial charge in [0.05, 0.1) is 5.69 Å². The summed E-state index contributed by atoms with van der Waals surface area (Å²) < 4.78 is 7.17. The number of rotatable bonds is 3. The molecular weight excluding hydrogens is 270 g/mol. The lowest BCUT2D eigenvalue weighted by Crippen LogP contribution is -2.35. The van der Waals surface area contributed by atoms with Crippen LogP contribution in [0.15, 0.2) is 12.3 Å². The first-order valence-electron chi connectivity index (χ1n) is 7.49. The normalized spacial score (nSPS) is 20.6. The summed E-state index contributed by atoms with van der Waals surface area (Å²) in [5.74, 6) is 0.0273. The lowest BCUT2D eigenvalue weighted by Gasteiger charge is -2.25. The number of nitrogens with zero attached hydrogens (tertiary/aromatic N) is 3. The first-order valence-corrected chi connectivity index (χ1v) is 7.49. The Hall–Kier alpha value is -1.56. The van der Waals surface area contributed by atoms with E-state index in [9.17, 15) is 9.90 Å². The number of hydrogen-bond acceptors (Lipinski definition) is 4. The lowest BCUT2D eigenvalue weighted by atomic mass is 9.99. The average Bonchev–Trinajstić information content (AvgIpc) is 3.05. The quantitative estimate of drug-likeness (QED) is 0.928. The molecule has 1 aromatic rings. The number of carbonyl (C=O) groups is 1. The fourth-order valence-electron chi connectivity index (χ4n) is 2.64. The average molecular weight is 295 g/mol. The van der Waals surface area contributed by atoms with E-state index in [1.807, 2.05) is 33.8 Å². The van der Waals surface area contributed by atoms with Crippen LogP contribution in [0.5, 0.6) is 0 Å². The molecular formula is C15H25N3O3. The minimum absolute atomic E-state index is 0.0273. The zero-order valence-electron chi connectivity index (χ0n) is 13.2. The molecule has 0 radical (unpaired) electrons. The number of ether oxygens (including phenoxy) is 1. The Morgan fingerprint density at radius 2 is 2.29 bits per heavy atom. The van der Waals surface area contributed by atoms with Crippen molar-refractivity contribution in [2.75, 3.05) is 13.1 Å². The summed E-state index contributed by atoms with van der Waals surface area (Å²) in [4.78, 5) is 13.7. The van der Waals surface area contributed by atoms with Crippen LogP contribution in [0.4, 0.5) is 4.79 Å². The third-order valence-electron chi connectivity index (χ3n) is 3.67. The summed E-state index contributed by atoms with van der Waals surface area (Å²) in [6, 6.07) is 1.84. The first kappa shape index (κ1) is 15.8. The van der Waals surface area contributed by atoms with Crippen molar-refractivity contribution in [2.24, 2.45) is 5.92 Å².